The molecule has 0 amide bonds. The van der Waals surface area contributed by atoms with Gasteiger partial charge >= 0.3 is 0 Å². The van der Waals surface area contributed by atoms with Gasteiger partial charge in [0.2, 0.25) is 0 Å². The van der Waals surface area contributed by atoms with Crippen molar-refractivity contribution in [2.24, 2.45) is 0 Å². The van der Waals surface area contributed by atoms with E-state index in [2.05, 4.69) is 15.6 Å². The molecule has 0 aliphatic rings. The van der Waals surface area contributed by atoms with Crippen molar-refractivity contribution in [2.45, 2.75) is 13.1 Å². The monoisotopic (exact) mass is 263 g/mol. The number of aromatic nitrogens is 3. The van der Waals surface area contributed by atoms with Gasteiger partial charge in [0.25, 0.3) is 5.69 Å². The van der Waals surface area contributed by atoms with Crippen LogP contribution >= 0.6 is 0 Å². The quantitative estimate of drug-likeness (QED) is 0.589. The van der Waals surface area contributed by atoms with Crippen LogP contribution in [0.3, 0.4) is 0 Å². The largest absolute Gasteiger partial charge is 0.394 e. The lowest BCUT2D eigenvalue weighted by molar-refractivity contribution is -0.384. The van der Waals surface area contributed by atoms with Crippen LogP contribution in [0, 0.1) is 10.1 Å². The number of rotatable bonds is 6. The predicted molar refractivity (Wildman–Crippen MR) is 67.5 cm³/mol. The lowest BCUT2D eigenvalue weighted by atomic mass is 10.3. The maximum absolute atomic E-state index is 10.6. The van der Waals surface area contributed by atoms with E-state index in [0.717, 1.165) is 0 Å². The fourth-order valence-corrected chi connectivity index (χ4v) is 1.55. The van der Waals surface area contributed by atoms with Gasteiger partial charge in [0.15, 0.2) is 0 Å². The highest BCUT2D eigenvalue weighted by Crippen LogP contribution is 2.17. The molecule has 0 saturated carbocycles. The SMILES string of the molecule is O=[N+]([O-])c1cccc(NCc2cn(CCO)nn2)c1. The molecule has 1 aromatic carbocycles. The van der Waals surface area contributed by atoms with Gasteiger partial charge in [0.1, 0.15) is 5.69 Å². The highest BCUT2D eigenvalue weighted by atomic mass is 16.6. The van der Waals surface area contributed by atoms with Crippen LogP contribution in [0.5, 0.6) is 0 Å². The second-order valence-electron chi connectivity index (χ2n) is 3.86. The van der Waals surface area contributed by atoms with E-state index in [1.54, 1.807) is 18.3 Å². The summed E-state index contributed by atoms with van der Waals surface area (Å²) in [5.41, 5.74) is 1.37. The Balaban J connectivity index is 1.97. The van der Waals surface area contributed by atoms with E-state index < -0.39 is 4.92 Å². The first-order valence-electron chi connectivity index (χ1n) is 5.67. The molecule has 0 fully saturated rings. The highest BCUT2D eigenvalue weighted by molar-refractivity contribution is 5.50. The molecular weight excluding hydrogens is 250 g/mol. The standard InChI is InChI=1S/C11H13N5O3/c17-5-4-15-8-10(13-14-15)7-12-9-2-1-3-11(6-9)16(18)19/h1-3,6,8,12,17H,4-5,7H2. The molecule has 2 rings (SSSR count). The third kappa shape index (κ3) is 3.49. The van der Waals surface area contributed by atoms with Crippen molar-refractivity contribution in [1.82, 2.24) is 15.0 Å². The van der Waals surface area contributed by atoms with E-state index in [1.807, 2.05) is 0 Å². The number of aliphatic hydroxyl groups is 1. The number of benzene rings is 1. The summed E-state index contributed by atoms with van der Waals surface area (Å²) in [5, 5.41) is 30.1. The van der Waals surface area contributed by atoms with Crippen LogP contribution in [0.4, 0.5) is 11.4 Å². The van der Waals surface area contributed by atoms with E-state index in [4.69, 9.17) is 5.11 Å². The van der Waals surface area contributed by atoms with Crippen molar-refractivity contribution < 1.29 is 10.0 Å². The molecule has 19 heavy (non-hydrogen) atoms. The molecule has 0 atom stereocenters. The Morgan fingerprint density at radius 3 is 3.05 bits per heavy atom. The molecule has 8 heteroatoms. The number of hydrogen-bond donors (Lipinski definition) is 2. The number of hydrogen-bond acceptors (Lipinski definition) is 6. The minimum Gasteiger partial charge on any atom is -0.394 e. The maximum Gasteiger partial charge on any atom is 0.271 e. The van der Waals surface area contributed by atoms with Gasteiger partial charge in [-0.1, -0.05) is 11.3 Å². The van der Waals surface area contributed by atoms with Gasteiger partial charge in [0, 0.05) is 17.8 Å². The van der Waals surface area contributed by atoms with E-state index in [0.29, 0.717) is 24.5 Å². The number of nitrogens with one attached hydrogen (secondary N) is 1. The molecule has 0 unspecified atom stereocenters. The zero-order valence-corrected chi connectivity index (χ0v) is 10.1. The predicted octanol–water partition coefficient (Wildman–Crippen LogP) is 0.791. The Labute approximate surface area is 108 Å². The molecular formula is C11H13N5O3. The van der Waals surface area contributed by atoms with Gasteiger partial charge in [-0.05, 0) is 6.07 Å². The number of non-ortho nitro benzene ring substituents is 1. The van der Waals surface area contributed by atoms with Crippen molar-refractivity contribution in [3.05, 3.63) is 46.3 Å². The summed E-state index contributed by atoms with van der Waals surface area (Å²) in [4.78, 5) is 10.2. The minimum atomic E-state index is -0.442. The summed E-state index contributed by atoms with van der Waals surface area (Å²) in [6.07, 6.45) is 1.71. The maximum atomic E-state index is 10.6. The molecule has 1 aromatic heterocycles. The van der Waals surface area contributed by atoms with Gasteiger partial charge in [-0.25, -0.2) is 4.68 Å². The van der Waals surface area contributed by atoms with Crippen LogP contribution < -0.4 is 5.32 Å². The van der Waals surface area contributed by atoms with E-state index >= 15 is 0 Å². The van der Waals surface area contributed by atoms with E-state index in [1.165, 1.54) is 16.8 Å². The molecule has 0 saturated heterocycles. The second-order valence-corrected chi connectivity index (χ2v) is 3.86. The molecule has 0 aliphatic heterocycles. The lowest BCUT2D eigenvalue weighted by Crippen LogP contribution is -2.02. The molecule has 1 heterocycles. The molecule has 0 radical (unpaired) electrons. The fourth-order valence-electron chi connectivity index (χ4n) is 1.55. The molecule has 0 spiro atoms. The summed E-state index contributed by atoms with van der Waals surface area (Å²) >= 11 is 0. The first-order chi connectivity index (χ1) is 9.19. The molecule has 8 nitrogen and oxygen atoms in total. The van der Waals surface area contributed by atoms with Crippen LogP contribution in [0.25, 0.3) is 0 Å². The molecule has 100 valence electrons. The minimum absolute atomic E-state index is 0.00110. The summed E-state index contributed by atoms with van der Waals surface area (Å²) < 4.78 is 1.53. The summed E-state index contributed by atoms with van der Waals surface area (Å²) in [6.45, 7) is 0.803. The zero-order valence-electron chi connectivity index (χ0n) is 10.1. The topological polar surface area (TPSA) is 106 Å². The van der Waals surface area contributed by atoms with Gasteiger partial charge in [0.05, 0.1) is 30.8 Å². The first kappa shape index (κ1) is 13.0. The van der Waals surface area contributed by atoms with Crippen molar-refractivity contribution >= 4 is 11.4 Å². The number of anilines is 1. The molecule has 2 N–H and O–H groups in total. The first-order valence-corrected chi connectivity index (χ1v) is 5.67. The van der Waals surface area contributed by atoms with Crippen LogP contribution in [-0.4, -0.2) is 31.6 Å². The third-order valence-electron chi connectivity index (χ3n) is 2.45. The molecule has 0 bridgehead atoms. The van der Waals surface area contributed by atoms with Crippen LogP contribution in [0.2, 0.25) is 0 Å². The summed E-state index contributed by atoms with van der Waals surface area (Å²) in [5.74, 6) is 0. The van der Waals surface area contributed by atoms with E-state index in [-0.39, 0.29) is 12.3 Å². The third-order valence-corrected chi connectivity index (χ3v) is 2.45. The summed E-state index contributed by atoms with van der Waals surface area (Å²) in [6, 6.07) is 6.25. The number of nitrogens with zero attached hydrogens (tertiary/aromatic N) is 4. The zero-order chi connectivity index (χ0) is 13.7. The van der Waals surface area contributed by atoms with Crippen LogP contribution in [0.15, 0.2) is 30.5 Å². The smallest absolute Gasteiger partial charge is 0.271 e. The van der Waals surface area contributed by atoms with Crippen molar-refractivity contribution in [3.63, 3.8) is 0 Å². The van der Waals surface area contributed by atoms with Crippen molar-refractivity contribution in [3.8, 4) is 0 Å². The Kier molecular flexibility index (Phi) is 4.04. The van der Waals surface area contributed by atoms with Gasteiger partial charge in [-0.3, -0.25) is 10.1 Å². The second kappa shape index (κ2) is 5.91. The Morgan fingerprint density at radius 2 is 2.32 bits per heavy atom. The van der Waals surface area contributed by atoms with Crippen LogP contribution in [-0.2, 0) is 13.1 Å². The van der Waals surface area contributed by atoms with Crippen molar-refractivity contribution in [1.29, 1.82) is 0 Å². The average molecular weight is 263 g/mol. The number of nitro benzene ring substituents is 1. The van der Waals surface area contributed by atoms with E-state index in [9.17, 15) is 10.1 Å². The van der Waals surface area contributed by atoms with Crippen molar-refractivity contribution in [2.75, 3.05) is 11.9 Å². The van der Waals surface area contributed by atoms with Gasteiger partial charge in [-0.15, -0.1) is 5.10 Å². The number of aliphatic hydroxyl groups excluding tert-OH is 1. The molecule has 2 aromatic rings. The Hall–Kier alpha value is -2.48. The Bertz CT molecular complexity index is 569. The normalized spacial score (nSPS) is 10.4. The van der Waals surface area contributed by atoms with Gasteiger partial charge < -0.3 is 10.4 Å². The Morgan fingerprint density at radius 1 is 1.47 bits per heavy atom. The van der Waals surface area contributed by atoms with Gasteiger partial charge in [-0.2, -0.15) is 0 Å². The average Bonchev–Trinajstić information content (AvgIpc) is 2.85. The fraction of sp³-hybridized carbons (Fsp3) is 0.273. The summed E-state index contributed by atoms with van der Waals surface area (Å²) in [7, 11) is 0. The van der Waals surface area contributed by atoms with Crippen LogP contribution in [0.1, 0.15) is 5.69 Å². The highest BCUT2D eigenvalue weighted by Gasteiger charge is 2.06. The molecule has 0 aliphatic carbocycles. The number of nitro groups is 1. The lowest BCUT2D eigenvalue weighted by Gasteiger charge is -2.03.